The van der Waals surface area contributed by atoms with E-state index in [9.17, 15) is 9.18 Å². The standard InChI is InChI=1S/C15H19FN2O2/c1-9-7-15(2)13-10(3-4-18(15)8-9)5-11(6-12(13)16)14(19)17-20/h5-6,9,20H,3-4,7-8H2,1-2H3,(H,17,19)/t9-,15-/m0/s1. The van der Waals surface area contributed by atoms with Gasteiger partial charge in [0, 0.05) is 29.8 Å². The molecule has 0 unspecified atom stereocenters. The second-order valence-corrected chi connectivity index (χ2v) is 6.21. The average Bonchev–Trinajstić information content (AvgIpc) is 2.71. The molecule has 2 aliphatic rings. The summed E-state index contributed by atoms with van der Waals surface area (Å²) in [6.45, 7) is 6.16. The summed E-state index contributed by atoms with van der Waals surface area (Å²) in [6, 6.07) is 2.93. The number of hydroxylamine groups is 1. The highest BCUT2D eigenvalue weighted by atomic mass is 19.1. The van der Waals surface area contributed by atoms with Crippen LogP contribution in [0.1, 0.15) is 41.8 Å². The van der Waals surface area contributed by atoms with Crippen molar-refractivity contribution in [2.75, 3.05) is 13.1 Å². The van der Waals surface area contributed by atoms with Gasteiger partial charge in [0.2, 0.25) is 0 Å². The second-order valence-electron chi connectivity index (χ2n) is 6.21. The Balaban J connectivity index is 2.11. The number of fused-ring (bicyclic) bond motifs is 3. The molecule has 2 heterocycles. The van der Waals surface area contributed by atoms with Crippen LogP contribution in [0.3, 0.4) is 0 Å². The van der Waals surface area contributed by atoms with Crippen molar-refractivity contribution in [3.8, 4) is 0 Å². The molecule has 0 bridgehead atoms. The fraction of sp³-hybridized carbons (Fsp3) is 0.533. The number of hydrogen-bond acceptors (Lipinski definition) is 3. The van der Waals surface area contributed by atoms with Crippen LogP contribution >= 0.6 is 0 Å². The lowest BCUT2D eigenvalue weighted by Crippen LogP contribution is -2.45. The van der Waals surface area contributed by atoms with E-state index in [0.29, 0.717) is 5.92 Å². The zero-order valence-electron chi connectivity index (χ0n) is 11.7. The predicted octanol–water partition coefficient (Wildman–Crippen LogP) is 2.06. The number of carbonyl (C=O) groups is 1. The zero-order valence-corrected chi connectivity index (χ0v) is 11.7. The maximum Gasteiger partial charge on any atom is 0.274 e. The maximum absolute atomic E-state index is 14.6. The molecule has 20 heavy (non-hydrogen) atoms. The Morgan fingerprint density at radius 2 is 2.30 bits per heavy atom. The normalized spacial score (nSPS) is 28.9. The minimum absolute atomic E-state index is 0.173. The molecule has 0 spiro atoms. The van der Waals surface area contributed by atoms with Gasteiger partial charge in [0.25, 0.3) is 5.91 Å². The number of nitrogens with one attached hydrogen (secondary N) is 1. The van der Waals surface area contributed by atoms with Crippen LogP contribution in [0.4, 0.5) is 4.39 Å². The molecule has 1 saturated heterocycles. The fourth-order valence-corrected chi connectivity index (χ4v) is 3.96. The summed E-state index contributed by atoms with van der Waals surface area (Å²) in [5, 5.41) is 8.69. The third kappa shape index (κ3) is 1.84. The van der Waals surface area contributed by atoms with Crippen molar-refractivity contribution in [1.82, 2.24) is 10.4 Å². The molecule has 4 nitrogen and oxygen atoms in total. The van der Waals surface area contributed by atoms with Gasteiger partial charge in [0.15, 0.2) is 0 Å². The third-order valence-electron chi connectivity index (χ3n) is 4.70. The minimum Gasteiger partial charge on any atom is -0.293 e. The highest BCUT2D eigenvalue weighted by Gasteiger charge is 2.46. The summed E-state index contributed by atoms with van der Waals surface area (Å²) in [6.07, 6.45) is 1.67. The number of amides is 1. The van der Waals surface area contributed by atoms with E-state index in [1.807, 2.05) is 0 Å². The molecule has 2 aliphatic heterocycles. The first kappa shape index (κ1) is 13.5. The van der Waals surface area contributed by atoms with Gasteiger partial charge in [-0.05, 0) is 43.4 Å². The molecule has 1 amide bonds. The van der Waals surface area contributed by atoms with E-state index in [4.69, 9.17) is 5.21 Å². The Hall–Kier alpha value is -1.46. The van der Waals surface area contributed by atoms with Gasteiger partial charge in [0.1, 0.15) is 5.82 Å². The molecular weight excluding hydrogens is 259 g/mol. The van der Waals surface area contributed by atoms with E-state index in [1.54, 1.807) is 11.5 Å². The Labute approximate surface area is 117 Å². The van der Waals surface area contributed by atoms with Crippen molar-refractivity contribution in [3.63, 3.8) is 0 Å². The van der Waals surface area contributed by atoms with Crippen molar-refractivity contribution in [2.45, 2.75) is 32.2 Å². The van der Waals surface area contributed by atoms with Crippen LogP contribution in [0.5, 0.6) is 0 Å². The summed E-state index contributed by atoms with van der Waals surface area (Å²) in [7, 11) is 0. The van der Waals surface area contributed by atoms with Crippen LogP contribution < -0.4 is 5.48 Å². The van der Waals surface area contributed by atoms with Crippen molar-refractivity contribution in [3.05, 3.63) is 34.6 Å². The van der Waals surface area contributed by atoms with E-state index in [2.05, 4.69) is 18.7 Å². The quantitative estimate of drug-likeness (QED) is 0.610. The number of carbonyl (C=O) groups excluding carboxylic acids is 1. The molecule has 108 valence electrons. The lowest BCUT2D eigenvalue weighted by atomic mass is 9.79. The van der Waals surface area contributed by atoms with Crippen LogP contribution in [0.2, 0.25) is 0 Å². The summed E-state index contributed by atoms with van der Waals surface area (Å²) in [5.74, 6) is -0.466. The first-order valence-electron chi connectivity index (χ1n) is 6.98. The molecule has 1 aromatic carbocycles. The van der Waals surface area contributed by atoms with Crippen LogP contribution in [0, 0.1) is 11.7 Å². The number of rotatable bonds is 1. The van der Waals surface area contributed by atoms with Crippen LogP contribution in [0.15, 0.2) is 12.1 Å². The molecule has 0 aromatic heterocycles. The van der Waals surface area contributed by atoms with E-state index in [0.717, 1.165) is 37.1 Å². The van der Waals surface area contributed by atoms with Crippen LogP contribution in [0.25, 0.3) is 0 Å². The smallest absolute Gasteiger partial charge is 0.274 e. The molecule has 3 rings (SSSR count). The first-order valence-corrected chi connectivity index (χ1v) is 6.98. The van der Waals surface area contributed by atoms with Gasteiger partial charge in [-0.1, -0.05) is 6.92 Å². The SMILES string of the molecule is C[C@@H]1CN2CCc3cc(C(=O)NO)cc(F)c3[C@]2(C)C1. The molecule has 1 fully saturated rings. The highest BCUT2D eigenvalue weighted by molar-refractivity contribution is 5.93. The summed E-state index contributed by atoms with van der Waals surface area (Å²) >= 11 is 0. The van der Waals surface area contributed by atoms with Gasteiger partial charge in [-0.3, -0.25) is 14.9 Å². The molecule has 1 aromatic rings. The van der Waals surface area contributed by atoms with Crippen molar-refractivity contribution in [2.24, 2.45) is 5.92 Å². The average molecular weight is 278 g/mol. The van der Waals surface area contributed by atoms with Crippen molar-refractivity contribution >= 4 is 5.91 Å². The largest absolute Gasteiger partial charge is 0.293 e. The van der Waals surface area contributed by atoms with Crippen LogP contribution in [-0.2, 0) is 12.0 Å². The molecule has 5 heteroatoms. The molecule has 2 atom stereocenters. The summed E-state index contributed by atoms with van der Waals surface area (Å²) in [4.78, 5) is 13.8. The Kier molecular flexibility index (Phi) is 3.06. The highest BCUT2D eigenvalue weighted by Crippen LogP contribution is 2.46. The van der Waals surface area contributed by atoms with Gasteiger partial charge in [-0.25, -0.2) is 9.87 Å². The lowest BCUT2D eigenvalue weighted by Gasteiger charge is -2.41. The number of hydrogen-bond donors (Lipinski definition) is 2. The van der Waals surface area contributed by atoms with E-state index < -0.39 is 5.91 Å². The monoisotopic (exact) mass is 278 g/mol. The Morgan fingerprint density at radius 3 is 3.00 bits per heavy atom. The predicted molar refractivity (Wildman–Crippen MR) is 72.1 cm³/mol. The van der Waals surface area contributed by atoms with Gasteiger partial charge in [-0.2, -0.15) is 0 Å². The van der Waals surface area contributed by atoms with Gasteiger partial charge in [0.05, 0.1) is 0 Å². The first-order chi connectivity index (χ1) is 9.45. The topological polar surface area (TPSA) is 52.6 Å². The Morgan fingerprint density at radius 1 is 1.55 bits per heavy atom. The summed E-state index contributed by atoms with van der Waals surface area (Å²) in [5.41, 5.74) is 3.07. The summed E-state index contributed by atoms with van der Waals surface area (Å²) < 4.78 is 14.6. The molecule has 2 N–H and O–H groups in total. The van der Waals surface area contributed by atoms with Crippen molar-refractivity contribution in [1.29, 1.82) is 0 Å². The van der Waals surface area contributed by atoms with Gasteiger partial charge in [-0.15, -0.1) is 0 Å². The van der Waals surface area contributed by atoms with E-state index >= 15 is 0 Å². The minimum atomic E-state index is -0.668. The fourth-order valence-electron chi connectivity index (χ4n) is 3.96. The zero-order chi connectivity index (χ0) is 14.5. The molecule has 0 saturated carbocycles. The van der Waals surface area contributed by atoms with E-state index in [-0.39, 0.29) is 16.9 Å². The molecular formula is C15H19FN2O2. The van der Waals surface area contributed by atoms with Crippen molar-refractivity contribution < 1.29 is 14.4 Å². The van der Waals surface area contributed by atoms with E-state index in [1.165, 1.54) is 6.07 Å². The lowest BCUT2D eigenvalue weighted by molar-refractivity contribution is 0.0705. The maximum atomic E-state index is 14.6. The second kappa shape index (κ2) is 4.53. The number of nitrogens with zero attached hydrogens (tertiary/aromatic N) is 1. The van der Waals surface area contributed by atoms with Gasteiger partial charge >= 0.3 is 0 Å². The number of benzene rings is 1. The number of halogens is 1. The van der Waals surface area contributed by atoms with Gasteiger partial charge < -0.3 is 0 Å². The molecule has 0 aliphatic carbocycles. The molecule has 0 radical (unpaired) electrons. The van der Waals surface area contributed by atoms with Crippen LogP contribution in [-0.4, -0.2) is 29.1 Å². The Bertz CT molecular complexity index is 575. The third-order valence-corrected chi connectivity index (χ3v) is 4.70.